The molecule has 0 spiro atoms. The van der Waals surface area contributed by atoms with Gasteiger partial charge in [0.1, 0.15) is 69.0 Å². The fourth-order valence-corrected chi connectivity index (χ4v) is 13.6. The van der Waals surface area contributed by atoms with Crippen molar-refractivity contribution in [3.8, 4) is 69.0 Å². The quantitative estimate of drug-likeness (QED) is 0.0404. The average Bonchev–Trinajstić information content (AvgIpc) is 0.764. The van der Waals surface area contributed by atoms with Crippen molar-refractivity contribution >= 4 is 0 Å². The molecule has 0 bridgehead atoms. The standard InChI is InChI=1S/C24H26O2.C20H18O2.C16H18O2.C15H16O2.C14H14O2.C13H12O2/c1-23(2,19-9-13-21(25)14-10-19)17-5-7-18(8-6-17)24(3,4)20-11-15-22(26)16-12-20;1-20(15-5-3-2-4-6-15,16-7-11-18(21)12-8-16)17-9-13-19(22)14-10-17;1-3-16(2,12-4-8-14(17)9-5-12)13-6-10-15(18)11-7-13;1-15(2,11-3-7-13(16)8-4-11)12-5-9-14(17)10-6-12;1-10(11-2-6-13(15)7-3-11)12-4-8-14(16)9-5-12;14-12-5-1-10(2-6-12)9-11-3-7-13(15)8-4-11/h5-16,25-26H,1-4H3;2-14,21-22H,1H3;4-11,17-18H,3H2,1-2H3;3-10,16-17H,1-2H3;2-10,15-16H,1H3;1-8,14-15H,9H2. The second-order valence-electron chi connectivity index (χ2n) is 30.4. The van der Waals surface area contributed by atoms with E-state index >= 15 is 0 Å². The molecule has 0 fully saturated rings. The molecule has 12 N–H and O–H groups in total. The molecule has 0 radical (unpaired) electrons. The van der Waals surface area contributed by atoms with Crippen molar-refractivity contribution in [2.45, 2.75) is 115 Å². The number of phenolic OH excluding ortho intramolecular Hbond substituents is 12. The van der Waals surface area contributed by atoms with Crippen molar-refractivity contribution in [1.29, 1.82) is 0 Å². The lowest BCUT2D eigenvalue weighted by molar-refractivity contribution is 0.471. The van der Waals surface area contributed by atoms with Gasteiger partial charge in [0, 0.05) is 33.0 Å². The molecule has 0 amide bonds. The highest BCUT2D eigenvalue weighted by Gasteiger charge is 2.32. The van der Waals surface area contributed by atoms with E-state index in [0.29, 0.717) is 0 Å². The number of aromatic hydroxyl groups is 12. The summed E-state index contributed by atoms with van der Waals surface area (Å²) in [6.07, 6.45) is 1.75. The largest absolute Gasteiger partial charge is 0.508 e. The van der Waals surface area contributed by atoms with Gasteiger partial charge >= 0.3 is 0 Å². The SMILES string of the molecule is CC(C)(c1ccc(O)cc1)c1ccc(C(C)(C)c2ccc(O)cc2)cc1.CC(C)(c1ccc(O)cc1)c1ccc(O)cc1.CC(c1ccc(O)cc1)c1ccc(O)cc1.CC(c1ccccc1)(c1ccc(O)cc1)c1ccc(O)cc1.CCC(C)(c1ccc(O)cc1)c1ccc(O)cc1.Oc1ccc(Cc2ccc(O)cc2)cc1. The molecule has 0 saturated heterocycles. The highest BCUT2D eigenvalue weighted by atomic mass is 16.3. The van der Waals surface area contributed by atoms with Crippen molar-refractivity contribution in [3.63, 3.8) is 0 Å². The number of rotatable bonds is 16. The van der Waals surface area contributed by atoms with Gasteiger partial charge in [-0.15, -0.1) is 0 Å². The van der Waals surface area contributed by atoms with Crippen LogP contribution in [0.4, 0.5) is 0 Å². The van der Waals surface area contributed by atoms with Crippen LogP contribution in [0, 0.1) is 0 Å². The van der Waals surface area contributed by atoms with Crippen LogP contribution in [0.1, 0.15) is 165 Å². The Labute approximate surface area is 670 Å². The van der Waals surface area contributed by atoms with Gasteiger partial charge in [-0.1, -0.05) is 263 Å². The maximum Gasteiger partial charge on any atom is 0.115 e. The first-order chi connectivity index (χ1) is 54.3. The fourth-order valence-electron chi connectivity index (χ4n) is 13.6. The van der Waals surface area contributed by atoms with Gasteiger partial charge in [-0.3, -0.25) is 0 Å². The van der Waals surface area contributed by atoms with Crippen molar-refractivity contribution < 1.29 is 61.3 Å². The minimum atomic E-state index is -0.358. The van der Waals surface area contributed by atoms with E-state index in [-0.39, 0.29) is 102 Å². The molecule has 12 nitrogen and oxygen atoms in total. The zero-order valence-electron chi connectivity index (χ0n) is 66.3. The van der Waals surface area contributed by atoms with Gasteiger partial charge in [-0.25, -0.2) is 0 Å². The summed E-state index contributed by atoms with van der Waals surface area (Å²) >= 11 is 0. The maximum atomic E-state index is 9.57. The molecule has 584 valence electrons. The zero-order valence-corrected chi connectivity index (χ0v) is 66.3. The van der Waals surface area contributed by atoms with Crippen molar-refractivity contribution in [2.24, 2.45) is 0 Å². The third kappa shape index (κ3) is 22.3. The van der Waals surface area contributed by atoms with Crippen LogP contribution in [-0.4, -0.2) is 61.3 Å². The van der Waals surface area contributed by atoms with Gasteiger partial charge in [-0.2, -0.15) is 0 Å². The molecule has 0 aliphatic carbocycles. The Morgan fingerprint density at radius 3 is 0.579 bits per heavy atom. The smallest absolute Gasteiger partial charge is 0.115 e. The lowest BCUT2D eigenvalue weighted by atomic mass is 9.71. The van der Waals surface area contributed by atoms with Crippen LogP contribution in [0.25, 0.3) is 0 Å². The van der Waals surface area contributed by atoms with E-state index in [2.05, 4.69) is 106 Å². The first-order valence-corrected chi connectivity index (χ1v) is 37.9. The van der Waals surface area contributed by atoms with E-state index in [1.165, 1.54) is 22.3 Å². The third-order valence-corrected chi connectivity index (χ3v) is 21.7. The second kappa shape index (κ2) is 38.1. The van der Waals surface area contributed by atoms with E-state index in [4.69, 9.17) is 10.2 Å². The van der Waals surface area contributed by atoms with Gasteiger partial charge in [0.15, 0.2) is 0 Å². The highest BCUT2D eigenvalue weighted by Crippen LogP contribution is 2.42. The molecule has 0 aliphatic heterocycles. The summed E-state index contributed by atoms with van der Waals surface area (Å²) in [5.41, 5.74) is 16.3. The van der Waals surface area contributed by atoms with Gasteiger partial charge in [0.25, 0.3) is 0 Å². The van der Waals surface area contributed by atoms with Gasteiger partial charge in [0.05, 0.1) is 0 Å². The van der Waals surface area contributed by atoms with Crippen LogP contribution in [0.5, 0.6) is 69.0 Å². The summed E-state index contributed by atoms with van der Waals surface area (Å²) in [5, 5.41) is 112. The normalized spacial score (nSPS) is 11.3. The molecule has 0 aliphatic rings. The van der Waals surface area contributed by atoms with Crippen molar-refractivity contribution in [3.05, 3.63) is 429 Å². The fraction of sp³-hybridized carbons (Fsp3) is 0.176. The molecule has 0 atom stereocenters. The van der Waals surface area contributed by atoms with E-state index < -0.39 is 0 Å². The Kier molecular flexibility index (Phi) is 28.3. The lowest BCUT2D eigenvalue weighted by Gasteiger charge is -2.32. The minimum Gasteiger partial charge on any atom is -0.508 e. The maximum absolute atomic E-state index is 9.57. The van der Waals surface area contributed by atoms with E-state index in [1.54, 1.807) is 146 Å². The van der Waals surface area contributed by atoms with E-state index in [0.717, 1.165) is 74.0 Å². The first kappa shape index (κ1) is 84.7. The molecule has 0 aromatic heterocycles. The Balaban J connectivity index is 0.000000158. The average molecular weight is 1520 g/mol. The monoisotopic (exact) mass is 1520 g/mol. The molecule has 14 aromatic rings. The molecule has 0 unspecified atom stereocenters. The number of benzene rings is 14. The Morgan fingerprint density at radius 2 is 0.368 bits per heavy atom. The Bertz CT molecular complexity index is 4920. The van der Waals surface area contributed by atoms with E-state index in [9.17, 15) is 51.1 Å². The topological polar surface area (TPSA) is 243 Å². The molecule has 14 aromatic carbocycles. The summed E-state index contributed by atoms with van der Waals surface area (Å²) < 4.78 is 0. The van der Waals surface area contributed by atoms with Crippen LogP contribution in [0.3, 0.4) is 0 Å². The highest BCUT2D eigenvalue weighted by molar-refractivity contribution is 5.53. The Morgan fingerprint density at radius 1 is 0.202 bits per heavy atom. The van der Waals surface area contributed by atoms with Crippen LogP contribution >= 0.6 is 0 Å². The third-order valence-electron chi connectivity index (χ3n) is 21.7. The van der Waals surface area contributed by atoms with Crippen LogP contribution in [-0.2, 0) is 33.5 Å². The summed E-state index contributed by atoms with van der Waals surface area (Å²) in [6.45, 7) is 21.6. The van der Waals surface area contributed by atoms with Crippen LogP contribution in [0.15, 0.2) is 346 Å². The molecular formula is C102H104O12. The summed E-state index contributed by atoms with van der Waals surface area (Å²) in [7, 11) is 0. The van der Waals surface area contributed by atoms with Crippen LogP contribution in [0.2, 0.25) is 0 Å². The predicted molar refractivity (Wildman–Crippen MR) is 459 cm³/mol. The number of phenols is 12. The van der Waals surface area contributed by atoms with Crippen LogP contribution < -0.4 is 0 Å². The lowest BCUT2D eigenvalue weighted by Crippen LogP contribution is -2.25. The molecule has 12 heteroatoms. The Hall–Kier alpha value is -13.3. The molecule has 114 heavy (non-hydrogen) atoms. The molecule has 14 rings (SSSR count). The summed E-state index contributed by atoms with van der Waals surface area (Å²) in [6, 6.07) is 106. The van der Waals surface area contributed by atoms with E-state index in [1.807, 2.05) is 164 Å². The molecule has 0 saturated carbocycles. The molecule has 0 heterocycles. The number of hydrogen-bond acceptors (Lipinski definition) is 12. The van der Waals surface area contributed by atoms with Gasteiger partial charge < -0.3 is 61.3 Å². The summed E-state index contributed by atoms with van der Waals surface area (Å²) in [4.78, 5) is 0. The van der Waals surface area contributed by atoms with Crippen molar-refractivity contribution in [1.82, 2.24) is 0 Å². The predicted octanol–water partition coefficient (Wildman–Crippen LogP) is 23.4. The summed E-state index contributed by atoms with van der Waals surface area (Å²) in [5.74, 6) is 3.57. The minimum absolute atomic E-state index is 0.110. The molecular weight excluding hydrogens is 1420 g/mol. The van der Waals surface area contributed by atoms with Gasteiger partial charge in [0.2, 0.25) is 0 Å². The van der Waals surface area contributed by atoms with Crippen molar-refractivity contribution in [2.75, 3.05) is 0 Å². The first-order valence-electron chi connectivity index (χ1n) is 37.9. The van der Waals surface area contributed by atoms with Gasteiger partial charge in [-0.05, 0) is 249 Å². The zero-order chi connectivity index (χ0) is 82.4. The number of hydrogen-bond donors (Lipinski definition) is 12. The second-order valence-corrected chi connectivity index (χ2v) is 30.4.